The van der Waals surface area contributed by atoms with Crippen molar-refractivity contribution in [3.8, 4) is 0 Å². The summed E-state index contributed by atoms with van der Waals surface area (Å²) in [6.45, 7) is 2.13. The molecule has 2 aliphatic rings. The monoisotopic (exact) mass is 328 g/mol. The number of carbonyl (C=O) groups excluding carboxylic acids is 1. The second-order valence-corrected chi connectivity index (χ2v) is 7.26. The fourth-order valence-corrected chi connectivity index (χ4v) is 4.04. The van der Waals surface area contributed by atoms with E-state index in [1.165, 1.54) is 30.2 Å². The molecule has 1 fully saturated rings. The highest BCUT2D eigenvalue weighted by molar-refractivity contribution is 7.99. The minimum Gasteiger partial charge on any atom is -0.309 e. The Morgan fingerprint density at radius 1 is 1.30 bits per heavy atom. The minimum atomic E-state index is 0.153. The van der Waals surface area contributed by atoms with Crippen LogP contribution < -0.4 is 4.90 Å². The van der Waals surface area contributed by atoms with E-state index in [1.807, 2.05) is 17.0 Å². The normalized spacial score (nSPS) is 20.4. The second kappa shape index (κ2) is 6.00. The molecule has 1 aromatic carbocycles. The molecule has 120 valence electrons. The molecule has 6 heteroatoms. The van der Waals surface area contributed by atoms with E-state index >= 15 is 0 Å². The highest BCUT2D eigenvalue weighted by Gasteiger charge is 2.29. The predicted molar refractivity (Wildman–Crippen MR) is 90.7 cm³/mol. The van der Waals surface area contributed by atoms with Crippen LogP contribution in [0.15, 0.2) is 35.7 Å². The minimum absolute atomic E-state index is 0.153. The number of para-hydroxylation sites is 1. The van der Waals surface area contributed by atoms with Crippen molar-refractivity contribution in [2.45, 2.75) is 49.8 Å². The summed E-state index contributed by atoms with van der Waals surface area (Å²) in [4.78, 5) is 14.8. The molecule has 4 rings (SSSR count). The molecule has 0 radical (unpaired) electrons. The Morgan fingerprint density at radius 2 is 2.13 bits per heavy atom. The van der Waals surface area contributed by atoms with Crippen LogP contribution in [-0.2, 0) is 11.2 Å². The number of thioether (sulfide) groups is 1. The summed E-state index contributed by atoms with van der Waals surface area (Å²) in [5.74, 6) is 0.560. The Morgan fingerprint density at radius 3 is 2.96 bits per heavy atom. The zero-order chi connectivity index (χ0) is 15.8. The average Bonchev–Trinajstić information content (AvgIpc) is 3.31. The standard InChI is InChI=1S/C17H20N4OS/c1-12-6-7-13-4-2-3-5-15(13)21(12)16(22)10-23-17-19-18-11-20(17)14-8-9-14/h2-5,11-12,14H,6-10H2,1H3. The van der Waals surface area contributed by atoms with Crippen LogP contribution in [-0.4, -0.2) is 32.5 Å². The first kappa shape index (κ1) is 14.8. The topological polar surface area (TPSA) is 51.0 Å². The maximum atomic E-state index is 12.8. The summed E-state index contributed by atoms with van der Waals surface area (Å²) in [7, 11) is 0. The lowest BCUT2D eigenvalue weighted by atomic mass is 9.97. The summed E-state index contributed by atoms with van der Waals surface area (Å²) in [6.07, 6.45) is 6.23. The van der Waals surface area contributed by atoms with Gasteiger partial charge < -0.3 is 9.47 Å². The Balaban J connectivity index is 1.49. The van der Waals surface area contributed by atoms with Gasteiger partial charge in [0.1, 0.15) is 6.33 Å². The third-order valence-electron chi connectivity index (χ3n) is 4.60. The number of amides is 1. The zero-order valence-electron chi connectivity index (χ0n) is 13.2. The number of hydrogen-bond acceptors (Lipinski definition) is 4. The summed E-state index contributed by atoms with van der Waals surface area (Å²) < 4.78 is 2.10. The van der Waals surface area contributed by atoms with Gasteiger partial charge in [-0.3, -0.25) is 4.79 Å². The SMILES string of the molecule is CC1CCc2ccccc2N1C(=O)CSc1nncn1C1CC1. The first-order chi connectivity index (χ1) is 11.2. The van der Waals surface area contributed by atoms with Crippen LogP contribution in [0.25, 0.3) is 0 Å². The van der Waals surface area contributed by atoms with Gasteiger partial charge in [0, 0.05) is 17.8 Å². The lowest BCUT2D eigenvalue weighted by molar-refractivity contribution is -0.116. The molecule has 0 spiro atoms. The van der Waals surface area contributed by atoms with Crippen molar-refractivity contribution in [2.24, 2.45) is 0 Å². The molecule has 1 aromatic heterocycles. The Labute approximate surface area is 140 Å². The smallest absolute Gasteiger partial charge is 0.237 e. The molecule has 23 heavy (non-hydrogen) atoms. The van der Waals surface area contributed by atoms with E-state index in [0.717, 1.165) is 23.7 Å². The van der Waals surface area contributed by atoms with Gasteiger partial charge in [0.05, 0.1) is 5.75 Å². The van der Waals surface area contributed by atoms with Crippen LogP contribution in [0.2, 0.25) is 0 Å². The van der Waals surface area contributed by atoms with Crippen LogP contribution in [0.5, 0.6) is 0 Å². The molecule has 1 saturated carbocycles. The number of nitrogens with zero attached hydrogens (tertiary/aromatic N) is 4. The van der Waals surface area contributed by atoms with Crippen LogP contribution in [0.4, 0.5) is 5.69 Å². The van der Waals surface area contributed by atoms with E-state index in [4.69, 9.17) is 0 Å². The fourth-order valence-electron chi connectivity index (χ4n) is 3.20. The third-order valence-corrected chi connectivity index (χ3v) is 5.54. The number of hydrogen-bond donors (Lipinski definition) is 0. The van der Waals surface area contributed by atoms with Crippen LogP contribution >= 0.6 is 11.8 Å². The lowest BCUT2D eigenvalue weighted by Crippen LogP contribution is -2.43. The number of aromatic nitrogens is 3. The van der Waals surface area contributed by atoms with E-state index in [1.54, 1.807) is 6.33 Å². The van der Waals surface area contributed by atoms with E-state index in [9.17, 15) is 4.79 Å². The number of aryl methyl sites for hydroxylation is 1. The highest BCUT2D eigenvalue weighted by Crippen LogP contribution is 2.37. The molecule has 1 aliphatic carbocycles. The largest absolute Gasteiger partial charge is 0.309 e. The van der Waals surface area contributed by atoms with Crippen LogP contribution in [0.3, 0.4) is 0 Å². The molecule has 2 aromatic rings. The molecule has 5 nitrogen and oxygen atoms in total. The fraction of sp³-hybridized carbons (Fsp3) is 0.471. The maximum Gasteiger partial charge on any atom is 0.237 e. The predicted octanol–water partition coefficient (Wildman–Crippen LogP) is 3.07. The van der Waals surface area contributed by atoms with Gasteiger partial charge in [-0.2, -0.15) is 0 Å². The molecule has 1 unspecified atom stereocenters. The van der Waals surface area contributed by atoms with Crippen LogP contribution in [0, 0.1) is 0 Å². The number of benzene rings is 1. The van der Waals surface area contributed by atoms with Crippen molar-refractivity contribution >= 4 is 23.4 Å². The van der Waals surface area contributed by atoms with Gasteiger partial charge in [-0.1, -0.05) is 30.0 Å². The van der Waals surface area contributed by atoms with Gasteiger partial charge in [-0.05, 0) is 44.2 Å². The van der Waals surface area contributed by atoms with Crippen molar-refractivity contribution in [2.75, 3.05) is 10.7 Å². The average molecular weight is 328 g/mol. The van der Waals surface area contributed by atoms with Crippen molar-refractivity contribution in [1.29, 1.82) is 0 Å². The van der Waals surface area contributed by atoms with E-state index in [-0.39, 0.29) is 11.9 Å². The molecular weight excluding hydrogens is 308 g/mol. The Hall–Kier alpha value is -1.82. The first-order valence-electron chi connectivity index (χ1n) is 8.16. The highest BCUT2D eigenvalue weighted by atomic mass is 32.2. The number of rotatable bonds is 4. The molecular formula is C17H20N4OS. The van der Waals surface area contributed by atoms with Crippen LogP contribution in [0.1, 0.15) is 37.8 Å². The van der Waals surface area contributed by atoms with Gasteiger partial charge in [0.2, 0.25) is 5.91 Å². The van der Waals surface area contributed by atoms with E-state index < -0.39 is 0 Å². The van der Waals surface area contributed by atoms with Gasteiger partial charge in [0.25, 0.3) is 0 Å². The van der Waals surface area contributed by atoms with Crippen molar-refractivity contribution < 1.29 is 4.79 Å². The van der Waals surface area contributed by atoms with Crippen molar-refractivity contribution in [3.63, 3.8) is 0 Å². The summed E-state index contributed by atoms with van der Waals surface area (Å²) in [5, 5.41) is 9.02. The summed E-state index contributed by atoms with van der Waals surface area (Å²) in [6, 6.07) is 9.02. The molecule has 0 N–H and O–H groups in total. The summed E-state index contributed by atoms with van der Waals surface area (Å²) >= 11 is 1.50. The van der Waals surface area contributed by atoms with Gasteiger partial charge >= 0.3 is 0 Å². The van der Waals surface area contributed by atoms with Crippen molar-refractivity contribution in [1.82, 2.24) is 14.8 Å². The summed E-state index contributed by atoms with van der Waals surface area (Å²) in [5.41, 5.74) is 2.34. The Kier molecular flexibility index (Phi) is 3.85. The van der Waals surface area contributed by atoms with Gasteiger partial charge in [-0.15, -0.1) is 10.2 Å². The number of anilines is 1. The Bertz CT molecular complexity index is 725. The second-order valence-electron chi connectivity index (χ2n) is 6.32. The molecule has 0 saturated heterocycles. The third kappa shape index (κ3) is 2.87. The van der Waals surface area contributed by atoms with E-state index in [2.05, 4.69) is 33.8 Å². The van der Waals surface area contributed by atoms with E-state index in [0.29, 0.717) is 11.8 Å². The molecule has 1 atom stereocenters. The number of carbonyl (C=O) groups is 1. The number of fused-ring (bicyclic) bond motifs is 1. The molecule has 1 aliphatic heterocycles. The molecule has 2 heterocycles. The van der Waals surface area contributed by atoms with Gasteiger partial charge in [0.15, 0.2) is 5.16 Å². The van der Waals surface area contributed by atoms with Crippen molar-refractivity contribution in [3.05, 3.63) is 36.2 Å². The molecule has 0 bridgehead atoms. The lowest BCUT2D eigenvalue weighted by Gasteiger charge is -2.35. The maximum absolute atomic E-state index is 12.8. The first-order valence-corrected chi connectivity index (χ1v) is 9.15. The zero-order valence-corrected chi connectivity index (χ0v) is 14.0. The molecule has 1 amide bonds. The quantitative estimate of drug-likeness (QED) is 0.810. The van der Waals surface area contributed by atoms with Gasteiger partial charge in [-0.25, -0.2) is 0 Å².